The highest BCUT2D eigenvalue weighted by Gasteiger charge is 2.45. The van der Waals surface area contributed by atoms with Gasteiger partial charge in [-0.25, -0.2) is 0 Å². The number of ketones is 1. The van der Waals surface area contributed by atoms with Crippen LogP contribution < -0.4 is 9.80 Å². The summed E-state index contributed by atoms with van der Waals surface area (Å²) in [7, 11) is 3.85. The van der Waals surface area contributed by atoms with Gasteiger partial charge in [0, 0.05) is 31.9 Å². The monoisotopic (exact) mass is 340 g/mol. The first-order chi connectivity index (χ1) is 12.0. The highest BCUT2D eigenvalue weighted by atomic mass is 16.3. The number of nitrogens with zero attached hydrogens (tertiary/aromatic N) is 2. The molecule has 0 radical (unpaired) electrons. The van der Waals surface area contributed by atoms with Crippen LogP contribution in [0.5, 0.6) is 0 Å². The molecule has 1 N–H and O–H groups in total. The first-order valence-electron chi connectivity index (χ1n) is 8.06. The second-order valence-corrected chi connectivity index (χ2v) is 6.04. The van der Waals surface area contributed by atoms with Gasteiger partial charge in [0.1, 0.15) is 11.8 Å². The summed E-state index contributed by atoms with van der Waals surface area (Å²) in [5, 5.41) is 10.3. The highest BCUT2D eigenvalue weighted by Crippen LogP contribution is 2.41. The van der Waals surface area contributed by atoms with Gasteiger partial charge in [-0.15, -0.1) is 0 Å². The zero-order valence-electron chi connectivity index (χ0n) is 14.4. The van der Waals surface area contributed by atoms with Gasteiger partial charge in [0.15, 0.2) is 11.5 Å². The van der Waals surface area contributed by atoms with Crippen molar-refractivity contribution >= 4 is 23.1 Å². The number of anilines is 2. The molecule has 3 rings (SSSR count). The van der Waals surface area contributed by atoms with Crippen molar-refractivity contribution in [2.45, 2.75) is 19.4 Å². The van der Waals surface area contributed by atoms with Crippen LogP contribution in [0, 0.1) is 0 Å². The lowest BCUT2D eigenvalue weighted by atomic mass is 9.99. The Kier molecular flexibility index (Phi) is 4.35. The maximum atomic E-state index is 12.7. The topological polar surface area (TPSA) is 74.0 Å². The minimum atomic E-state index is -0.764. The van der Waals surface area contributed by atoms with E-state index in [0.29, 0.717) is 11.4 Å². The molecule has 6 nitrogen and oxygen atoms in total. The van der Waals surface area contributed by atoms with Gasteiger partial charge in [0.2, 0.25) is 0 Å². The predicted octanol–water partition coefficient (Wildman–Crippen LogP) is 3.22. The average molecular weight is 340 g/mol. The van der Waals surface area contributed by atoms with Crippen molar-refractivity contribution in [3.8, 4) is 0 Å². The molecule has 1 aromatic heterocycles. The van der Waals surface area contributed by atoms with Gasteiger partial charge in [0.05, 0.1) is 11.8 Å². The van der Waals surface area contributed by atoms with Crippen molar-refractivity contribution in [2.75, 3.05) is 23.9 Å². The van der Waals surface area contributed by atoms with Crippen molar-refractivity contribution in [1.29, 1.82) is 0 Å². The summed E-state index contributed by atoms with van der Waals surface area (Å²) in [6, 6.07) is 9.94. The Morgan fingerprint density at radius 1 is 1.24 bits per heavy atom. The van der Waals surface area contributed by atoms with E-state index >= 15 is 0 Å². The molecular formula is C19H20N2O4. The Hall–Kier alpha value is -3.02. The van der Waals surface area contributed by atoms with E-state index in [4.69, 9.17) is 4.42 Å². The van der Waals surface area contributed by atoms with Crippen LogP contribution in [-0.2, 0) is 9.59 Å². The number of hydrogen-bond donors (Lipinski definition) is 1. The van der Waals surface area contributed by atoms with Crippen LogP contribution in [0.1, 0.15) is 25.1 Å². The normalized spacial score (nSPS) is 17.3. The Bertz CT molecular complexity index is 820. The Morgan fingerprint density at radius 2 is 1.92 bits per heavy atom. The van der Waals surface area contributed by atoms with Crippen molar-refractivity contribution in [3.05, 3.63) is 59.8 Å². The quantitative estimate of drug-likeness (QED) is 0.904. The van der Waals surface area contributed by atoms with Gasteiger partial charge in [-0.1, -0.05) is 6.92 Å². The molecule has 1 amide bonds. The zero-order chi connectivity index (χ0) is 18.1. The van der Waals surface area contributed by atoms with E-state index in [0.717, 1.165) is 5.69 Å². The average Bonchev–Trinajstić information content (AvgIpc) is 3.22. The third-order valence-electron chi connectivity index (χ3n) is 4.29. The number of aliphatic hydroxyl groups is 1. The smallest absolute Gasteiger partial charge is 0.294 e. The first-order valence-corrected chi connectivity index (χ1v) is 8.06. The minimum absolute atomic E-state index is 0.0825. The summed E-state index contributed by atoms with van der Waals surface area (Å²) in [5.74, 6) is -0.953. The number of rotatable bonds is 5. The van der Waals surface area contributed by atoms with Crippen LogP contribution in [0.4, 0.5) is 11.4 Å². The molecule has 2 heterocycles. The molecule has 130 valence electrons. The van der Waals surface area contributed by atoms with Crippen LogP contribution in [-0.4, -0.2) is 30.9 Å². The molecule has 1 aliphatic heterocycles. The molecule has 2 aromatic rings. The fraction of sp³-hybridized carbons (Fsp3) is 0.263. The SMILES string of the molecule is CCC(=O)C1=C(O)C(=O)N(c2ccc(N(C)C)cc2)C1c1ccco1. The van der Waals surface area contributed by atoms with E-state index < -0.39 is 17.7 Å². The van der Waals surface area contributed by atoms with Gasteiger partial charge in [-0.2, -0.15) is 0 Å². The number of hydrogen-bond acceptors (Lipinski definition) is 5. The number of amides is 1. The van der Waals surface area contributed by atoms with Crippen LogP contribution in [0.25, 0.3) is 0 Å². The fourth-order valence-corrected chi connectivity index (χ4v) is 2.97. The lowest BCUT2D eigenvalue weighted by molar-refractivity contribution is -0.118. The van der Waals surface area contributed by atoms with E-state index in [1.807, 2.05) is 31.1 Å². The van der Waals surface area contributed by atoms with Gasteiger partial charge in [0.25, 0.3) is 5.91 Å². The standard InChI is InChI=1S/C19H20N2O4/c1-4-14(22)16-17(15-6-5-11-25-15)21(19(24)18(16)23)13-9-7-12(8-10-13)20(2)3/h5-11,17,23H,4H2,1-3H3. The van der Waals surface area contributed by atoms with Crippen LogP contribution >= 0.6 is 0 Å². The summed E-state index contributed by atoms with van der Waals surface area (Å²) < 4.78 is 5.45. The molecule has 6 heteroatoms. The number of aliphatic hydroxyl groups excluding tert-OH is 1. The van der Waals surface area contributed by atoms with E-state index in [1.54, 1.807) is 31.2 Å². The highest BCUT2D eigenvalue weighted by molar-refractivity contribution is 6.16. The minimum Gasteiger partial charge on any atom is -0.503 e. The molecule has 1 aromatic carbocycles. The van der Waals surface area contributed by atoms with E-state index in [2.05, 4.69) is 0 Å². The Morgan fingerprint density at radius 3 is 2.44 bits per heavy atom. The lowest BCUT2D eigenvalue weighted by Crippen LogP contribution is -2.30. The van der Waals surface area contributed by atoms with Crippen molar-refractivity contribution in [1.82, 2.24) is 0 Å². The molecule has 25 heavy (non-hydrogen) atoms. The van der Waals surface area contributed by atoms with Gasteiger partial charge >= 0.3 is 0 Å². The maximum absolute atomic E-state index is 12.7. The third-order valence-corrected chi connectivity index (χ3v) is 4.29. The van der Waals surface area contributed by atoms with Crippen LogP contribution in [0.3, 0.4) is 0 Å². The molecular weight excluding hydrogens is 320 g/mol. The molecule has 0 aliphatic carbocycles. The van der Waals surface area contributed by atoms with Gasteiger partial charge in [-0.05, 0) is 36.4 Å². The van der Waals surface area contributed by atoms with Crippen molar-refractivity contribution in [2.24, 2.45) is 0 Å². The summed E-state index contributed by atoms with van der Waals surface area (Å²) >= 11 is 0. The number of benzene rings is 1. The van der Waals surface area contributed by atoms with Gasteiger partial charge in [-0.3, -0.25) is 14.5 Å². The molecule has 1 unspecified atom stereocenters. The van der Waals surface area contributed by atoms with E-state index in [-0.39, 0.29) is 17.8 Å². The molecule has 0 bridgehead atoms. The van der Waals surface area contributed by atoms with E-state index in [1.165, 1.54) is 11.2 Å². The van der Waals surface area contributed by atoms with Crippen LogP contribution in [0.15, 0.2) is 58.4 Å². The van der Waals surface area contributed by atoms with Crippen molar-refractivity contribution in [3.63, 3.8) is 0 Å². The molecule has 0 saturated carbocycles. The summed E-state index contributed by atoms with van der Waals surface area (Å²) in [6.45, 7) is 1.70. The number of carbonyl (C=O) groups excluding carboxylic acids is 2. The molecule has 1 atom stereocenters. The molecule has 0 fully saturated rings. The number of furan rings is 1. The maximum Gasteiger partial charge on any atom is 0.294 e. The number of carbonyl (C=O) groups is 2. The molecule has 0 saturated heterocycles. The summed E-state index contributed by atoms with van der Waals surface area (Å²) in [4.78, 5) is 28.4. The van der Waals surface area contributed by atoms with Crippen LogP contribution in [0.2, 0.25) is 0 Å². The van der Waals surface area contributed by atoms with Gasteiger partial charge < -0.3 is 14.4 Å². The van der Waals surface area contributed by atoms with E-state index in [9.17, 15) is 14.7 Å². The largest absolute Gasteiger partial charge is 0.503 e. The second-order valence-electron chi connectivity index (χ2n) is 6.04. The fourth-order valence-electron chi connectivity index (χ4n) is 2.97. The summed E-state index contributed by atoms with van der Waals surface area (Å²) in [5.41, 5.74) is 1.65. The lowest BCUT2D eigenvalue weighted by Gasteiger charge is -2.25. The summed E-state index contributed by atoms with van der Waals surface area (Å²) in [6.07, 6.45) is 1.67. The zero-order valence-corrected chi connectivity index (χ0v) is 14.4. The molecule has 1 aliphatic rings. The predicted molar refractivity (Wildman–Crippen MR) is 94.7 cm³/mol. The Balaban J connectivity index is 2.09. The second kappa shape index (κ2) is 6.47. The number of Topliss-reactive ketones (excluding diaryl/α,β-unsaturated/α-hetero) is 1. The van der Waals surface area contributed by atoms with Crippen molar-refractivity contribution < 1.29 is 19.1 Å². The first kappa shape index (κ1) is 16.8. The third kappa shape index (κ3) is 2.80. The molecule has 0 spiro atoms. The Labute approximate surface area is 146 Å².